The van der Waals surface area contributed by atoms with E-state index in [0.29, 0.717) is 6.61 Å². The van der Waals surface area contributed by atoms with Crippen molar-refractivity contribution < 1.29 is 4.74 Å². The van der Waals surface area contributed by atoms with Gasteiger partial charge in [0.15, 0.2) is 5.82 Å². The van der Waals surface area contributed by atoms with Crippen molar-refractivity contribution in [2.24, 2.45) is 0 Å². The number of ether oxygens (including phenoxy) is 1. The summed E-state index contributed by atoms with van der Waals surface area (Å²) in [5, 5.41) is 3.11. The normalized spacial score (nSPS) is 13.7. The maximum Gasteiger partial charge on any atom is 0.162 e. The molecular formula is C17H23N3O. The van der Waals surface area contributed by atoms with Crippen LogP contribution in [0.3, 0.4) is 0 Å². The van der Waals surface area contributed by atoms with Gasteiger partial charge in [0, 0.05) is 25.3 Å². The van der Waals surface area contributed by atoms with Gasteiger partial charge in [-0.1, -0.05) is 37.3 Å². The Hall–Kier alpha value is -1.94. The number of hydrogen-bond acceptors (Lipinski definition) is 4. The van der Waals surface area contributed by atoms with E-state index >= 15 is 0 Å². The van der Waals surface area contributed by atoms with Gasteiger partial charge >= 0.3 is 0 Å². The summed E-state index contributed by atoms with van der Waals surface area (Å²) in [4.78, 5) is 9.33. The quantitative estimate of drug-likeness (QED) is 0.875. The first-order valence-corrected chi connectivity index (χ1v) is 7.39. The molecule has 0 aliphatic heterocycles. The fourth-order valence-electron chi connectivity index (χ4n) is 2.21. The van der Waals surface area contributed by atoms with Crippen LogP contribution in [0.1, 0.15) is 33.0 Å². The minimum atomic E-state index is -0.467. The lowest BCUT2D eigenvalue weighted by atomic mass is 10.0. The van der Waals surface area contributed by atoms with Crippen LogP contribution in [-0.4, -0.2) is 23.6 Å². The van der Waals surface area contributed by atoms with Crippen molar-refractivity contribution in [1.82, 2.24) is 9.97 Å². The molecule has 0 amide bonds. The molecule has 1 aromatic heterocycles. The smallest absolute Gasteiger partial charge is 0.162 e. The van der Waals surface area contributed by atoms with Crippen molar-refractivity contribution in [1.29, 1.82) is 0 Å². The second-order valence-corrected chi connectivity index (χ2v) is 5.10. The summed E-state index contributed by atoms with van der Waals surface area (Å²) in [5.74, 6) is 1.52. The first kappa shape index (κ1) is 15.4. The van der Waals surface area contributed by atoms with E-state index in [1.165, 1.54) is 0 Å². The van der Waals surface area contributed by atoms with Gasteiger partial charge in [-0.3, -0.25) is 0 Å². The van der Waals surface area contributed by atoms with Gasteiger partial charge in [-0.2, -0.15) is 0 Å². The SMILES string of the molecule is CCOC(C)(CC)c1nc(NC)cc(-c2ccccc2)n1. The first-order chi connectivity index (χ1) is 10.1. The number of hydrogen-bond donors (Lipinski definition) is 1. The van der Waals surface area contributed by atoms with E-state index in [2.05, 4.69) is 29.4 Å². The van der Waals surface area contributed by atoms with Gasteiger partial charge in [0.1, 0.15) is 11.4 Å². The molecule has 1 heterocycles. The molecule has 1 aromatic carbocycles. The predicted octanol–water partition coefficient (Wildman–Crippen LogP) is 3.85. The highest BCUT2D eigenvalue weighted by atomic mass is 16.5. The predicted molar refractivity (Wildman–Crippen MR) is 86.3 cm³/mol. The van der Waals surface area contributed by atoms with E-state index < -0.39 is 5.60 Å². The van der Waals surface area contributed by atoms with Crippen LogP contribution in [-0.2, 0) is 10.3 Å². The summed E-state index contributed by atoms with van der Waals surface area (Å²) >= 11 is 0. The fourth-order valence-corrected chi connectivity index (χ4v) is 2.21. The Morgan fingerprint density at radius 1 is 1.14 bits per heavy atom. The highest BCUT2D eigenvalue weighted by Crippen LogP contribution is 2.29. The van der Waals surface area contributed by atoms with Crippen LogP contribution in [0.2, 0.25) is 0 Å². The second kappa shape index (κ2) is 6.68. The van der Waals surface area contributed by atoms with E-state index in [4.69, 9.17) is 9.72 Å². The van der Waals surface area contributed by atoms with Crippen molar-refractivity contribution in [3.63, 3.8) is 0 Å². The molecule has 0 bridgehead atoms. The lowest BCUT2D eigenvalue weighted by Gasteiger charge is -2.27. The third-order valence-electron chi connectivity index (χ3n) is 3.66. The van der Waals surface area contributed by atoms with Crippen molar-refractivity contribution in [2.75, 3.05) is 19.0 Å². The summed E-state index contributed by atoms with van der Waals surface area (Å²) in [6.07, 6.45) is 0.822. The number of rotatable bonds is 6. The molecule has 112 valence electrons. The Kier molecular flexibility index (Phi) is 4.91. The Labute approximate surface area is 126 Å². The van der Waals surface area contributed by atoms with Crippen LogP contribution in [0.15, 0.2) is 36.4 Å². The molecule has 2 rings (SSSR count). The van der Waals surface area contributed by atoms with Gasteiger partial charge in [0.25, 0.3) is 0 Å². The monoisotopic (exact) mass is 285 g/mol. The summed E-state index contributed by atoms with van der Waals surface area (Å²) < 4.78 is 5.90. The molecule has 4 nitrogen and oxygen atoms in total. The van der Waals surface area contributed by atoms with Crippen LogP contribution < -0.4 is 5.32 Å². The average molecular weight is 285 g/mol. The Morgan fingerprint density at radius 2 is 1.86 bits per heavy atom. The van der Waals surface area contributed by atoms with Crippen LogP contribution in [0, 0.1) is 0 Å². The lowest BCUT2D eigenvalue weighted by molar-refractivity contribution is -0.0388. The third-order valence-corrected chi connectivity index (χ3v) is 3.66. The molecule has 1 atom stereocenters. The summed E-state index contributed by atoms with van der Waals surface area (Å²) in [6, 6.07) is 12.1. The molecule has 21 heavy (non-hydrogen) atoms. The Morgan fingerprint density at radius 3 is 2.43 bits per heavy atom. The Bertz CT molecular complexity index is 586. The molecule has 0 saturated carbocycles. The average Bonchev–Trinajstić information content (AvgIpc) is 2.55. The standard InChI is InChI=1S/C17H23N3O/c1-5-17(3,21-6-2)16-19-14(12-15(18-4)20-16)13-10-8-7-9-11-13/h7-12H,5-6H2,1-4H3,(H,18,19,20). The van der Waals surface area contributed by atoms with Gasteiger partial charge in [0.2, 0.25) is 0 Å². The van der Waals surface area contributed by atoms with Gasteiger partial charge in [-0.05, 0) is 20.3 Å². The van der Waals surface area contributed by atoms with Gasteiger partial charge in [-0.25, -0.2) is 9.97 Å². The summed E-state index contributed by atoms with van der Waals surface area (Å²) in [5.41, 5.74) is 1.52. The third kappa shape index (κ3) is 3.39. The first-order valence-electron chi connectivity index (χ1n) is 7.39. The Balaban J connectivity index is 2.52. The maximum atomic E-state index is 5.90. The van der Waals surface area contributed by atoms with Crippen molar-refractivity contribution >= 4 is 5.82 Å². The van der Waals surface area contributed by atoms with Crippen LogP contribution in [0.5, 0.6) is 0 Å². The van der Waals surface area contributed by atoms with Crippen molar-refractivity contribution in [2.45, 2.75) is 32.8 Å². The molecule has 0 saturated heterocycles. The zero-order chi connectivity index (χ0) is 15.3. The van der Waals surface area contributed by atoms with E-state index in [1.807, 2.05) is 45.2 Å². The zero-order valence-corrected chi connectivity index (χ0v) is 13.2. The van der Waals surface area contributed by atoms with Gasteiger partial charge < -0.3 is 10.1 Å². The summed E-state index contributed by atoms with van der Waals surface area (Å²) in [7, 11) is 1.87. The fraction of sp³-hybridized carbons (Fsp3) is 0.412. The molecule has 0 spiro atoms. The highest BCUT2D eigenvalue weighted by Gasteiger charge is 2.29. The van der Waals surface area contributed by atoms with Crippen LogP contribution >= 0.6 is 0 Å². The number of benzene rings is 1. The van der Waals surface area contributed by atoms with E-state index in [-0.39, 0.29) is 0 Å². The number of aromatic nitrogens is 2. The minimum absolute atomic E-state index is 0.467. The highest BCUT2D eigenvalue weighted by molar-refractivity contribution is 5.62. The summed E-state index contributed by atoms with van der Waals surface area (Å²) in [6.45, 7) is 6.76. The number of nitrogens with zero attached hydrogens (tertiary/aromatic N) is 2. The van der Waals surface area contributed by atoms with Crippen molar-refractivity contribution in [3.05, 3.63) is 42.2 Å². The minimum Gasteiger partial charge on any atom is -0.373 e. The lowest BCUT2D eigenvalue weighted by Crippen LogP contribution is -2.28. The molecule has 0 aliphatic carbocycles. The number of nitrogens with one attached hydrogen (secondary N) is 1. The molecule has 0 radical (unpaired) electrons. The molecule has 1 N–H and O–H groups in total. The second-order valence-electron chi connectivity index (χ2n) is 5.10. The molecule has 0 aliphatic rings. The van der Waals surface area contributed by atoms with E-state index in [0.717, 1.165) is 29.3 Å². The number of anilines is 1. The maximum absolute atomic E-state index is 5.90. The molecule has 0 fully saturated rings. The van der Waals surface area contributed by atoms with E-state index in [1.54, 1.807) is 0 Å². The van der Waals surface area contributed by atoms with Gasteiger partial charge in [-0.15, -0.1) is 0 Å². The molecule has 1 unspecified atom stereocenters. The molecular weight excluding hydrogens is 262 g/mol. The zero-order valence-electron chi connectivity index (χ0n) is 13.2. The largest absolute Gasteiger partial charge is 0.373 e. The van der Waals surface area contributed by atoms with Gasteiger partial charge in [0.05, 0.1) is 5.69 Å². The van der Waals surface area contributed by atoms with Crippen LogP contribution in [0.4, 0.5) is 5.82 Å². The molecule has 4 heteroatoms. The van der Waals surface area contributed by atoms with E-state index in [9.17, 15) is 0 Å². The molecule has 2 aromatic rings. The van der Waals surface area contributed by atoms with Crippen LogP contribution in [0.25, 0.3) is 11.3 Å². The van der Waals surface area contributed by atoms with Crippen molar-refractivity contribution in [3.8, 4) is 11.3 Å². The topological polar surface area (TPSA) is 47.0 Å².